The fourth-order valence-electron chi connectivity index (χ4n) is 2.15. The molecule has 1 N–H and O–H groups in total. The van der Waals surface area contributed by atoms with Crippen molar-refractivity contribution in [2.24, 2.45) is 5.41 Å². The molecule has 0 saturated carbocycles. The molecule has 1 aromatic carbocycles. The van der Waals surface area contributed by atoms with Crippen LogP contribution in [0.3, 0.4) is 0 Å². The third-order valence-corrected chi connectivity index (χ3v) is 3.53. The summed E-state index contributed by atoms with van der Waals surface area (Å²) < 4.78 is 0. The summed E-state index contributed by atoms with van der Waals surface area (Å²) in [5, 5.41) is 7.95. The second kappa shape index (κ2) is 5.11. The van der Waals surface area contributed by atoms with E-state index in [1.807, 2.05) is 13.0 Å². The molecule has 0 atom stereocenters. The van der Waals surface area contributed by atoms with E-state index in [1.165, 1.54) is 5.56 Å². The lowest BCUT2D eigenvalue weighted by Gasteiger charge is -2.31. The summed E-state index contributed by atoms with van der Waals surface area (Å²) in [5.74, 6) is 0. The molecule has 0 saturated heterocycles. The Bertz CT molecular complexity index is 309. The molecule has 0 fully saturated rings. The summed E-state index contributed by atoms with van der Waals surface area (Å²) >= 11 is 0. The summed E-state index contributed by atoms with van der Waals surface area (Å²) in [5.41, 5.74) is 2.23. The number of nitrogens with one attached hydrogen (secondary N) is 1. The van der Waals surface area contributed by atoms with Gasteiger partial charge >= 0.3 is 0 Å². The van der Waals surface area contributed by atoms with Gasteiger partial charge in [0.1, 0.15) is 0 Å². The molecule has 0 amide bonds. The van der Waals surface area contributed by atoms with Crippen LogP contribution in [0.2, 0.25) is 0 Å². The zero-order valence-electron chi connectivity index (χ0n) is 10.0. The van der Waals surface area contributed by atoms with E-state index in [2.05, 4.69) is 38.1 Å². The lowest BCUT2D eigenvalue weighted by molar-refractivity contribution is 0.381. The first-order valence-electron chi connectivity index (χ1n) is 5.74. The second-order valence-electron chi connectivity index (χ2n) is 4.27. The van der Waals surface area contributed by atoms with Gasteiger partial charge in [-0.15, -0.1) is 0 Å². The third kappa shape index (κ3) is 2.68. The average molecular weight is 203 g/mol. The Labute approximate surface area is 93.0 Å². The second-order valence-corrected chi connectivity index (χ2v) is 4.27. The first-order chi connectivity index (χ1) is 7.14. The molecule has 0 bridgehead atoms. The molecule has 82 valence electrons. The highest BCUT2D eigenvalue weighted by Gasteiger charge is 2.28. The molecular weight excluding hydrogens is 182 g/mol. The van der Waals surface area contributed by atoms with Crippen LogP contribution in [0, 0.1) is 10.8 Å². The lowest BCUT2D eigenvalue weighted by atomic mass is 9.73. The maximum Gasteiger partial charge on any atom is 0.0123 e. The van der Waals surface area contributed by atoms with E-state index in [0.29, 0.717) is 0 Å². The minimum Gasteiger partial charge on any atom is -0.309 e. The lowest BCUT2D eigenvalue weighted by Crippen LogP contribution is -2.29. The van der Waals surface area contributed by atoms with Gasteiger partial charge in [-0.2, -0.15) is 0 Å². The normalized spacial score (nSPS) is 11.4. The van der Waals surface area contributed by atoms with Crippen molar-refractivity contribution in [2.45, 2.75) is 40.0 Å². The van der Waals surface area contributed by atoms with Crippen LogP contribution in [-0.2, 0) is 6.42 Å². The molecule has 0 aliphatic heterocycles. The third-order valence-electron chi connectivity index (χ3n) is 3.53. The van der Waals surface area contributed by atoms with Crippen LogP contribution in [-0.4, -0.2) is 5.71 Å². The van der Waals surface area contributed by atoms with Crippen LogP contribution >= 0.6 is 0 Å². The van der Waals surface area contributed by atoms with Crippen molar-refractivity contribution < 1.29 is 0 Å². The van der Waals surface area contributed by atoms with E-state index in [1.54, 1.807) is 0 Å². The van der Waals surface area contributed by atoms with Gasteiger partial charge in [0.25, 0.3) is 0 Å². The zero-order chi connectivity index (χ0) is 11.3. The molecule has 1 heteroatoms. The van der Waals surface area contributed by atoms with Crippen LogP contribution in [0.1, 0.15) is 39.2 Å². The molecule has 15 heavy (non-hydrogen) atoms. The number of hydrogen-bond donors (Lipinski definition) is 1. The molecule has 1 nitrogen and oxygen atoms in total. The van der Waals surface area contributed by atoms with Crippen molar-refractivity contribution in [3.8, 4) is 0 Å². The standard InChI is InChI=1S/C14H21N/c1-4-14(5-2,12(3)15)11-13-9-7-6-8-10-13/h6-10,15H,4-5,11H2,1-3H3. The Morgan fingerprint density at radius 1 is 1.13 bits per heavy atom. The summed E-state index contributed by atoms with van der Waals surface area (Å²) in [6.45, 7) is 6.31. The number of hydrogen-bond acceptors (Lipinski definition) is 1. The van der Waals surface area contributed by atoms with E-state index in [9.17, 15) is 0 Å². The van der Waals surface area contributed by atoms with Crippen LogP contribution in [0.25, 0.3) is 0 Å². The van der Waals surface area contributed by atoms with E-state index in [-0.39, 0.29) is 5.41 Å². The first kappa shape index (κ1) is 12.0. The van der Waals surface area contributed by atoms with Gasteiger partial charge in [0.15, 0.2) is 0 Å². The highest BCUT2D eigenvalue weighted by atomic mass is 14.5. The molecule has 1 aromatic rings. The predicted octanol–water partition coefficient (Wildman–Crippen LogP) is 4.08. The highest BCUT2D eigenvalue weighted by molar-refractivity contribution is 5.85. The quantitative estimate of drug-likeness (QED) is 0.697. The molecule has 0 unspecified atom stereocenters. The Morgan fingerprint density at radius 2 is 1.67 bits per heavy atom. The van der Waals surface area contributed by atoms with Crippen molar-refractivity contribution in [2.75, 3.05) is 0 Å². The van der Waals surface area contributed by atoms with Gasteiger partial charge in [0.05, 0.1) is 0 Å². The summed E-state index contributed by atoms with van der Waals surface area (Å²) in [6.07, 6.45) is 3.09. The molecule has 0 aliphatic carbocycles. The maximum atomic E-state index is 7.95. The summed E-state index contributed by atoms with van der Waals surface area (Å²) in [6, 6.07) is 10.5. The largest absolute Gasteiger partial charge is 0.309 e. The minimum absolute atomic E-state index is 0.0708. The van der Waals surface area contributed by atoms with Crippen molar-refractivity contribution in [3.63, 3.8) is 0 Å². The highest BCUT2D eigenvalue weighted by Crippen LogP contribution is 2.32. The fourth-order valence-corrected chi connectivity index (χ4v) is 2.15. The Balaban J connectivity index is 2.89. The van der Waals surface area contributed by atoms with E-state index in [0.717, 1.165) is 25.0 Å². The topological polar surface area (TPSA) is 23.9 Å². The van der Waals surface area contributed by atoms with Crippen molar-refractivity contribution >= 4 is 5.71 Å². The Kier molecular flexibility index (Phi) is 4.07. The number of rotatable bonds is 5. The van der Waals surface area contributed by atoms with Crippen molar-refractivity contribution in [3.05, 3.63) is 35.9 Å². The molecule has 0 radical (unpaired) electrons. The van der Waals surface area contributed by atoms with Gasteiger partial charge in [-0.25, -0.2) is 0 Å². The van der Waals surface area contributed by atoms with Crippen LogP contribution in [0.4, 0.5) is 0 Å². The van der Waals surface area contributed by atoms with Crippen molar-refractivity contribution in [1.82, 2.24) is 0 Å². The van der Waals surface area contributed by atoms with Gasteiger partial charge in [0.2, 0.25) is 0 Å². The molecule has 0 spiro atoms. The SMILES string of the molecule is CCC(CC)(Cc1ccccc1)C(C)=N. The molecule has 0 aliphatic rings. The van der Waals surface area contributed by atoms with Crippen LogP contribution in [0.5, 0.6) is 0 Å². The van der Waals surface area contributed by atoms with Gasteiger partial charge in [0, 0.05) is 11.1 Å². The maximum absolute atomic E-state index is 7.95. The summed E-state index contributed by atoms with van der Waals surface area (Å²) in [4.78, 5) is 0. The first-order valence-corrected chi connectivity index (χ1v) is 5.74. The monoisotopic (exact) mass is 203 g/mol. The van der Waals surface area contributed by atoms with E-state index < -0.39 is 0 Å². The molecule has 1 rings (SSSR count). The number of benzene rings is 1. The molecular formula is C14H21N. The van der Waals surface area contributed by atoms with Gasteiger partial charge in [-0.3, -0.25) is 0 Å². The predicted molar refractivity (Wildman–Crippen MR) is 66.6 cm³/mol. The van der Waals surface area contributed by atoms with Gasteiger partial charge in [-0.1, -0.05) is 44.2 Å². The Hall–Kier alpha value is -1.11. The van der Waals surface area contributed by atoms with E-state index in [4.69, 9.17) is 5.41 Å². The Morgan fingerprint density at radius 3 is 2.07 bits per heavy atom. The zero-order valence-corrected chi connectivity index (χ0v) is 10.0. The van der Waals surface area contributed by atoms with Crippen LogP contribution in [0.15, 0.2) is 30.3 Å². The van der Waals surface area contributed by atoms with Gasteiger partial charge < -0.3 is 5.41 Å². The summed E-state index contributed by atoms with van der Waals surface area (Å²) in [7, 11) is 0. The molecule has 0 heterocycles. The fraction of sp³-hybridized carbons (Fsp3) is 0.500. The molecule has 0 aromatic heterocycles. The average Bonchev–Trinajstić information content (AvgIpc) is 2.27. The van der Waals surface area contributed by atoms with E-state index >= 15 is 0 Å². The van der Waals surface area contributed by atoms with Crippen LogP contribution < -0.4 is 0 Å². The van der Waals surface area contributed by atoms with Crippen molar-refractivity contribution in [1.29, 1.82) is 5.41 Å². The minimum atomic E-state index is 0.0708. The smallest absolute Gasteiger partial charge is 0.0123 e. The van der Waals surface area contributed by atoms with Gasteiger partial charge in [-0.05, 0) is 31.7 Å².